The van der Waals surface area contributed by atoms with Crippen molar-refractivity contribution >= 4 is 46.3 Å². The number of amides is 2. The maximum Gasteiger partial charge on any atom is 0.491 e. The molecule has 1 aliphatic rings. The number of ether oxygens (including phenoxy) is 1. The first-order chi connectivity index (χ1) is 21.4. The summed E-state index contributed by atoms with van der Waals surface area (Å²) in [5, 5.41) is 9.34. The molecule has 0 saturated carbocycles. The van der Waals surface area contributed by atoms with Crippen molar-refractivity contribution in [2.24, 2.45) is 16.5 Å². The molecular weight excluding hydrogens is 642 g/mol. The van der Waals surface area contributed by atoms with E-state index in [2.05, 4.69) is 25.5 Å². The van der Waals surface area contributed by atoms with Gasteiger partial charge >= 0.3 is 24.3 Å². The van der Waals surface area contributed by atoms with Crippen molar-refractivity contribution < 1.29 is 59.0 Å². The topological polar surface area (TPSA) is 184 Å². The third-order valence-electron chi connectivity index (χ3n) is 6.67. The first-order valence-corrected chi connectivity index (χ1v) is 12.8. The molecule has 0 fully saturated rings. The lowest BCUT2D eigenvalue weighted by Gasteiger charge is -2.26. The second-order valence-corrected chi connectivity index (χ2v) is 9.86. The zero-order valence-corrected chi connectivity index (χ0v) is 22.9. The Bertz CT molecular complexity index is 1740. The van der Waals surface area contributed by atoms with Crippen molar-refractivity contribution in [2.75, 3.05) is 18.4 Å². The standard InChI is InChI=1S/C26H21F8N7O5/c27-11-7-37-24(38-8-11)40-12-4-14(21(35)43)15-9-39-41(18(15)5-12)20(22(36)44)13(6-19(42)46-23(45)26(32,33)34)10-1-2-17(28)16(3-10)25(29,30)31/h1-5,9,11,13,20H,6-8H2,(H2,35,43)(H2,36,44)(H2,37,38,40)/t13-,20?/m0/s1. The Morgan fingerprint density at radius 2 is 1.78 bits per heavy atom. The number of guanidine groups is 1. The van der Waals surface area contributed by atoms with Gasteiger partial charge in [0.1, 0.15) is 18.0 Å². The third kappa shape index (κ3) is 7.32. The van der Waals surface area contributed by atoms with Gasteiger partial charge in [-0.1, -0.05) is 6.07 Å². The monoisotopic (exact) mass is 663 g/mol. The zero-order valence-electron chi connectivity index (χ0n) is 22.9. The summed E-state index contributed by atoms with van der Waals surface area (Å²) in [6.45, 7) is -0.335. The Morgan fingerprint density at radius 3 is 2.35 bits per heavy atom. The van der Waals surface area contributed by atoms with Crippen molar-refractivity contribution in [1.29, 1.82) is 0 Å². The number of nitrogens with one attached hydrogen (secondary N) is 2. The first kappa shape index (κ1) is 33.6. The second-order valence-electron chi connectivity index (χ2n) is 9.86. The number of fused-ring (bicyclic) bond motifs is 1. The third-order valence-corrected chi connectivity index (χ3v) is 6.67. The molecule has 6 N–H and O–H groups in total. The highest BCUT2D eigenvalue weighted by atomic mass is 19.4. The lowest BCUT2D eigenvalue weighted by Crippen LogP contribution is -2.41. The number of carbonyl (C=O) groups excluding carboxylic acids is 4. The Morgan fingerprint density at radius 1 is 1.09 bits per heavy atom. The fraction of sp³-hybridized carbons (Fsp3) is 0.308. The highest BCUT2D eigenvalue weighted by Gasteiger charge is 2.44. The predicted octanol–water partition coefficient (Wildman–Crippen LogP) is 2.83. The van der Waals surface area contributed by atoms with Crippen LogP contribution in [0.5, 0.6) is 0 Å². The van der Waals surface area contributed by atoms with E-state index in [0.717, 1.165) is 10.9 Å². The molecule has 0 aliphatic carbocycles. The number of nitrogens with zero attached hydrogens (tertiary/aromatic N) is 3. The molecule has 0 radical (unpaired) electrons. The quantitative estimate of drug-likeness (QED) is 0.161. The van der Waals surface area contributed by atoms with Crippen molar-refractivity contribution in [3.8, 4) is 0 Å². The Labute approximate surface area is 251 Å². The number of hydrogen-bond acceptors (Lipinski definition) is 9. The summed E-state index contributed by atoms with van der Waals surface area (Å²) in [6, 6.07) is 1.69. The minimum Gasteiger partial charge on any atom is -0.386 e. The fourth-order valence-electron chi connectivity index (χ4n) is 4.66. The van der Waals surface area contributed by atoms with Crippen molar-refractivity contribution in [2.45, 2.75) is 36.9 Å². The van der Waals surface area contributed by atoms with E-state index < -0.39 is 77.6 Å². The number of esters is 2. The highest BCUT2D eigenvalue weighted by Crippen LogP contribution is 2.39. The summed E-state index contributed by atoms with van der Waals surface area (Å²) in [5.41, 5.74) is 8.25. The number of aliphatic imine (C=N–C) groups is 1. The lowest BCUT2D eigenvalue weighted by atomic mass is 9.86. The average molecular weight is 663 g/mol. The number of anilines is 1. The van der Waals surface area contributed by atoms with Crippen LogP contribution in [0, 0.1) is 5.82 Å². The molecule has 3 aromatic rings. The molecule has 4 rings (SSSR count). The molecule has 1 aliphatic heterocycles. The molecule has 2 heterocycles. The molecule has 12 nitrogen and oxygen atoms in total. The van der Waals surface area contributed by atoms with E-state index in [1.54, 1.807) is 0 Å². The second kappa shape index (κ2) is 12.6. The Kier molecular flexibility index (Phi) is 9.20. The first-order valence-electron chi connectivity index (χ1n) is 12.8. The maximum atomic E-state index is 14.1. The van der Waals surface area contributed by atoms with Gasteiger partial charge < -0.3 is 26.8 Å². The molecule has 3 atom stereocenters. The van der Waals surface area contributed by atoms with Crippen LogP contribution in [0.4, 0.5) is 40.8 Å². The van der Waals surface area contributed by atoms with Gasteiger partial charge in [-0.05, 0) is 29.8 Å². The summed E-state index contributed by atoms with van der Waals surface area (Å²) in [5.74, 6) is -11.0. The number of nitrogens with two attached hydrogens (primary N) is 2. The molecule has 0 bridgehead atoms. The van der Waals surface area contributed by atoms with E-state index in [1.807, 2.05) is 0 Å². The molecular formula is C26H21F8N7O5. The lowest BCUT2D eigenvalue weighted by molar-refractivity contribution is -0.202. The maximum absolute atomic E-state index is 14.1. The van der Waals surface area contributed by atoms with Gasteiger partial charge in [0.05, 0.1) is 42.4 Å². The van der Waals surface area contributed by atoms with Gasteiger partial charge in [-0.15, -0.1) is 0 Å². The summed E-state index contributed by atoms with van der Waals surface area (Å²) < 4.78 is 111. The normalized spacial score (nSPS) is 16.6. The predicted molar refractivity (Wildman–Crippen MR) is 141 cm³/mol. The summed E-state index contributed by atoms with van der Waals surface area (Å²) >= 11 is 0. The van der Waals surface area contributed by atoms with Gasteiger partial charge in [-0.25, -0.2) is 18.6 Å². The number of rotatable bonds is 8. The largest absolute Gasteiger partial charge is 0.491 e. The Balaban J connectivity index is 1.88. The molecule has 0 saturated heterocycles. The van der Waals surface area contributed by atoms with Gasteiger partial charge in [0, 0.05) is 17.0 Å². The molecule has 46 heavy (non-hydrogen) atoms. The van der Waals surface area contributed by atoms with E-state index in [4.69, 9.17) is 11.5 Å². The molecule has 2 aromatic carbocycles. The minimum atomic E-state index is -5.64. The van der Waals surface area contributed by atoms with Crippen LogP contribution in [0.15, 0.2) is 41.5 Å². The Hall–Kier alpha value is -5.30. The van der Waals surface area contributed by atoms with Crippen LogP contribution >= 0.6 is 0 Å². The number of carbonyl (C=O) groups is 4. The summed E-state index contributed by atoms with van der Waals surface area (Å²) in [7, 11) is 0. The van der Waals surface area contributed by atoms with Crippen molar-refractivity contribution in [3.63, 3.8) is 0 Å². The van der Waals surface area contributed by atoms with E-state index in [-0.39, 0.29) is 47.3 Å². The van der Waals surface area contributed by atoms with Crippen molar-refractivity contribution in [3.05, 3.63) is 59.0 Å². The van der Waals surface area contributed by atoms with Crippen LogP contribution in [0.3, 0.4) is 0 Å². The highest BCUT2D eigenvalue weighted by molar-refractivity contribution is 6.08. The average Bonchev–Trinajstić information content (AvgIpc) is 3.35. The van der Waals surface area contributed by atoms with Crippen LogP contribution in [0.1, 0.15) is 39.9 Å². The molecule has 0 spiro atoms. The minimum absolute atomic E-state index is 0.0442. The van der Waals surface area contributed by atoms with Gasteiger partial charge in [0.2, 0.25) is 11.8 Å². The van der Waals surface area contributed by atoms with Crippen LogP contribution in [-0.2, 0) is 25.3 Å². The number of hydrogen-bond donors (Lipinski definition) is 4. The summed E-state index contributed by atoms with van der Waals surface area (Å²) in [6.07, 6.45) is -12.6. The number of benzene rings is 2. The van der Waals surface area contributed by atoms with E-state index >= 15 is 0 Å². The van der Waals surface area contributed by atoms with Crippen LogP contribution in [0.25, 0.3) is 10.9 Å². The van der Waals surface area contributed by atoms with Gasteiger partial charge in [0.25, 0.3) is 0 Å². The van der Waals surface area contributed by atoms with Gasteiger partial charge in [-0.2, -0.15) is 31.4 Å². The number of alkyl halides is 7. The number of halogens is 8. The number of aromatic nitrogens is 2. The fourth-order valence-corrected chi connectivity index (χ4v) is 4.66. The molecule has 246 valence electrons. The smallest absolute Gasteiger partial charge is 0.386 e. The summed E-state index contributed by atoms with van der Waals surface area (Å²) in [4.78, 5) is 52.9. The van der Waals surface area contributed by atoms with E-state index in [9.17, 15) is 54.3 Å². The zero-order chi connectivity index (χ0) is 34.1. The SMILES string of the molecule is NC(=O)c1cc(NC2=NCC(F)CN2)cc2c1cnn2C(C(N)=O)[C@@H](CC(=O)OC(=O)C(F)(F)F)c1ccc(F)c(C(F)(F)F)c1. The van der Waals surface area contributed by atoms with Crippen LogP contribution < -0.4 is 22.1 Å². The molecule has 20 heteroatoms. The van der Waals surface area contributed by atoms with Crippen LogP contribution in [-0.4, -0.2) is 64.9 Å². The van der Waals surface area contributed by atoms with Gasteiger partial charge in [-0.3, -0.25) is 19.1 Å². The molecule has 2 amide bonds. The van der Waals surface area contributed by atoms with Gasteiger partial charge in [0.15, 0.2) is 5.96 Å². The van der Waals surface area contributed by atoms with E-state index in [1.165, 1.54) is 12.1 Å². The van der Waals surface area contributed by atoms with Crippen molar-refractivity contribution in [1.82, 2.24) is 15.1 Å². The molecule has 1 aromatic heterocycles. The number of primary amides is 2. The van der Waals surface area contributed by atoms with E-state index in [0.29, 0.717) is 12.1 Å². The van der Waals surface area contributed by atoms with Crippen LogP contribution in [0.2, 0.25) is 0 Å². The molecule has 2 unspecified atom stereocenters.